The standard InChI is InChI=1S/C13H16FNO/c1-9-10(2)15(7-6-13(9)16)12-5-3-4-11(14)8-12/h3-5,8-10H,6-7H2,1-2H3. The van der Waals surface area contributed by atoms with Gasteiger partial charge >= 0.3 is 0 Å². The van der Waals surface area contributed by atoms with E-state index in [1.807, 2.05) is 19.9 Å². The molecule has 0 spiro atoms. The number of hydrogen-bond acceptors (Lipinski definition) is 2. The van der Waals surface area contributed by atoms with Crippen LogP contribution in [-0.2, 0) is 4.79 Å². The van der Waals surface area contributed by atoms with Crippen LogP contribution in [0, 0.1) is 11.7 Å². The highest BCUT2D eigenvalue weighted by molar-refractivity contribution is 5.84. The Balaban J connectivity index is 2.25. The van der Waals surface area contributed by atoms with Crippen molar-refractivity contribution in [3.8, 4) is 0 Å². The molecule has 86 valence electrons. The first-order valence-corrected chi connectivity index (χ1v) is 5.64. The smallest absolute Gasteiger partial charge is 0.139 e. The van der Waals surface area contributed by atoms with Crippen molar-refractivity contribution < 1.29 is 9.18 Å². The fraction of sp³-hybridized carbons (Fsp3) is 0.462. The minimum Gasteiger partial charge on any atom is -0.368 e. The summed E-state index contributed by atoms with van der Waals surface area (Å²) in [4.78, 5) is 13.7. The molecular formula is C13H16FNO. The highest BCUT2D eigenvalue weighted by Crippen LogP contribution is 2.26. The Morgan fingerprint density at radius 2 is 2.12 bits per heavy atom. The average Bonchev–Trinajstić information content (AvgIpc) is 2.26. The van der Waals surface area contributed by atoms with Crippen molar-refractivity contribution >= 4 is 11.5 Å². The van der Waals surface area contributed by atoms with Crippen molar-refractivity contribution in [2.75, 3.05) is 11.4 Å². The first kappa shape index (κ1) is 11.1. The molecule has 1 aromatic rings. The van der Waals surface area contributed by atoms with E-state index in [0.29, 0.717) is 18.7 Å². The van der Waals surface area contributed by atoms with Crippen LogP contribution in [0.25, 0.3) is 0 Å². The van der Waals surface area contributed by atoms with Crippen LogP contribution >= 0.6 is 0 Å². The van der Waals surface area contributed by atoms with E-state index in [1.165, 1.54) is 12.1 Å². The first-order chi connectivity index (χ1) is 7.59. The van der Waals surface area contributed by atoms with Crippen molar-refractivity contribution in [1.29, 1.82) is 0 Å². The summed E-state index contributed by atoms with van der Waals surface area (Å²) < 4.78 is 13.1. The topological polar surface area (TPSA) is 20.3 Å². The van der Waals surface area contributed by atoms with Crippen LogP contribution in [0.2, 0.25) is 0 Å². The molecule has 1 heterocycles. The predicted octanol–water partition coefficient (Wildman–Crippen LogP) is 2.63. The van der Waals surface area contributed by atoms with Gasteiger partial charge in [0.1, 0.15) is 11.6 Å². The molecule has 2 nitrogen and oxygen atoms in total. The molecule has 0 saturated carbocycles. The molecule has 0 N–H and O–H groups in total. The molecule has 1 aliphatic rings. The summed E-state index contributed by atoms with van der Waals surface area (Å²) in [6.45, 7) is 4.65. The first-order valence-electron chi connectivity index (χ1n) is 5.64. The van der Waals surface area contributed by atoms with Crippen LogP contribution < -0.4 is 4.90 Å². The minimum absolute atomic E-state index is 0.0250. The lowest BCUT2D eigenvalue weighted by Gasteiger charge is -2.38. The maximum atomic E-state index is 13.1. The van der Waals surface area contributed by atoms with Gasteiger partial charge in [-0.05, 0) is 25.1 Å². The van der Waals surface area contributed by atoms with Crippen LogP contribution in [0.3, 0.4) is 0 Å². The van der Waals surface area contributed by atoms with E-state index in [1.54, 1.807) is 6.07 Å². The molecule has 2 atom stereocenters. The Labute approximate surface area is 95.1 Å². The molecule has 0 radical (unpaired) electrons. The zero-order valence-corrected chi connectivity index (χ0v) is 9.61. The van der Waals surface area contributed by atoms with Crippen LogP contribution in [0.4, 0.5) is 10.1 Å². The van der Waals surface area contributed by atoms with Crippen molar-refractivity contribution in [3.05, 3.63) is 30.1 Å². The number of benzene rings is 1. The van der Waals surface area contributed by atoms with Crippen molar-refractivity contribution in [1.82, 2.24) is 0 Å². The van der Waals surface area contributed by atoms with Crippen LogP contribution in [0.5, 0.6) is 0 Å². The normalized spacial score (nSPS) is 25.9. The van der Waals surface area contributed by atoms with Crippen LogP contribution in [0.1, 0.15) is 20.3 Å². The second-order valence-corrected chi connectivity index (χ2v) is 4.42. The van der Waals surface area contributed by atoms with Gasteiger partial charge in [-0.15, -0.1) is 0 Å². The SMILES string of the molecule is CC1C(=O)CCN(c2cccc(F)c2)C1C. The zero-order chi connectivity index (χ0) is 11.7. The molecule has 2 unspecified atom stereocenters. The van der Waals surface area contributed by atoms with Gasteiger partial charge in [0, 0.05) is 30.6 Å². The van der Waals surface area contributed by atoms with Gasteiger partial charge in [0.15, 0.2) is 0 Å². The van der Waals surface area contributed by atoms with Crippen molar-refractivity contribution in [3.63, 3.8) is 0 Å². The monoisotopic (exact) mass is 221 g/mol. The lowest BCUT2D eigenvalue weighted by Crippen LogP contribution is -2.46. The van der Waals surface area contributed by atoms with Gasteiger partial charge in [0.2, 0.25) is 0 Å². The quantitative estimate of drug-likeness (QED) is 0.726. The van der Waals surface area contributed by atoms with Gasteiger partial charge in [-0.3, -0.25) is 4.79 Å². The largest absolute Gasteiger partial charge is 0.368 e. The van der Waals surface area contributed by atoms with Gasteiger partial charge in [0.25, 0.3) is 0 Å². The highest BCUT2D eigenvalue weighted by atomic mass is 19.1. The number of nitrogens with zero attached hydrogens (tertiary/aromatic N) is 1. The summed E-state index contributed by atoms with van der Waals surface area (Å²) in [6.07, 6.45) is 0.558. The fourth-order valence-electron chi connectivity index (χ4n) is 2.22. The molecule has 3 heteroatoms. The second-order valence-electron chi connectivity index (χ2n) is 4.42. The second kappa shape index (κ2) is 4.24. The highest BCUT2D eigenvalue weighted by Gasteiger charge is 2.30. The fourth-order valence-corrected chi connectivity index (χ4v) is 2.22. The van der Waals surface area contributed by atoms with Crippen LogP contribution in [-0.4, -0.2) is 18.4 Å². The maximum absolute atomic E-state index is 13.1. The van der Waals surface area contributed by atoms with Gasteiger partial charge in [-0.2, -0.15) is 0 Å². The summed E-state index contributed by atoms with van der Waals surface area (Å²) >= 11 is 0. The van der Waals surface area contributed by atoms with E-state index >= 15 is 0 Å². The molecule has 0 amide bonds. The number of piperidine rings is 1. The number of Topliss-reactive ketones (excluding diaryl/α,β-unsaturated/α-hetero) is 1. The summed E-state index contributed by atoms with van der Waals surface area (Å²) in [7, 11) is 0. The van der Waals surface area contributed by atoms with E-state index in [0.717, 1.165) is 5.69 Å². The van der Waals surface area contributed by atoms with Crippen molar-refractivity contribution in [2.24, 2.45) is 5.92 Å². The maximum Gasteiger partial charge on any atom is 0.139 e. The molecule has 0 aromatic heterocycles. The number of anilines is 1. The summed E-state index contributed by atoms with van der Waals surface area (Å²) in [6, 6.07) is 6.70. The zero-order valence-electron chi connectivity index (χ0n) is 9.61. The molecule has 1 saturated heterocycles. The van der Waals surface area contributed by atoms with Gasteiger partial charge in [-0.25, -0.2) is 4.39 Å². The van der Waals surface area contributed by atoms with E-state index in [9.17, 15) is 9.18 Å². The number of hydrogen-bond donors (Lipinski definition) is 0. The number of halogens is 1. The van der Waals surface area contributed by atoms with E-state index in [4.69, 9.17) is 0 Å². The third kappa shape index (κ3) is 1.94. The lowest BCUT2D eigenvalue weighted by molar-refractivity contribution is -0.123. The molecular weight excluding hydrogens is 205 g/mol. The molecule has 16 heavy (non-hydrogen) atoms. The van der Waals surface area contributed by atoms with E-state index < -0.39 is 0 Å². The molecule has 2 rings (SSSR count). The van der Waals surface area contributed by atoms with Crippen LogP contribution in [0.15, 0.2) is 24.3 Å². The summed E-state index contributed by atoms with van der Waals surface area (Å²) in [5.74, 6) is 0.103. The number of carbonyl (C=O) groups is 1. The Morgan fingerprint density at radius 3 is 2.81 bits per heavy atom. The van der Waals surface area contributed by atoms with Gasteiger partial charge < -0.3 is 4.90 Å². The number of carbonyl (C=O) groups excluding carboxylic acids is 1. The van der Waals surface area contributed by atoms with Crippen molar-refractivity contribution in [2.45, 2.75) is 26.3 Å². The average molecular weight is 221 g/mol. The number of rotatable bonds is 1. The third-order valence-corrected chi connectivity index (χ3v) is 3.46. The molecule has 0 bridgehead atoms. The molecule has 1 aliphatic heterocycles. The Hall–Kier alpha value is -1.38. The number of ketones is 1. The minimum atomic E-state index is -0.228. The molecule has 0 aliphatic carbocycles. The van der Waals surface area contributed by atoms with E-state index in [2.05, 4.69) is 4.90 Å². The van der Waals surface area contributed by atoms with E-state index in [-0.39, 0.29) is 17.8 Å². The Bertz CT molecular complexity index is 405. The Kier molecular flexibility index (Phi) is 2.95. The summed E-state index contributed by atoms with van der Waals surface area (Å²) in [5, 5.41) is 0. The van der Waals surface area contributed by atoms with Gasteiger partial charge in [-0.1, -0.05) is 13.0 Å². The Morgan fingerprint density at radius 1 is 1.38 bits per heavy atom. The third-order valence-electron chi connectivity index (χ3n) is 3.46. The summed E-state index contributed by atoms with van der Waals surface area (Å²) in [5.41, 5.74) is 0.867. The lowest BCUT2D eigenvalue weighted by atomic mass is 9.90. The van der Waals surface area contributed by atoms with Gasteiger partial charge in [0.05, 0.1) is 0 Å². The predicted molar refractivity (Wildman–Crippen MR) is 62.0 cm³/mol. The molecule has 1 aromatic carbocycles. The molecule has 1 fully saturated rings.